The van der Waals surface area contributed by atoms with Gasteiger partial charge in [0.2, 0.25) is 0 Å². The second kappa shape index (κ2) is 7.20. The van der Waals surface area contributed by atoms with Crippen molar-refractivity contribution in [3.8, 4) is 0 Å². The molecule has 28 heavy (non-hydrogen) atoms. The first kappa shape index (κ1) is 18.4. The van der Waals surface area contributed by atoms with Crippen molar-refractivity contribution in [3.05, 3.63) is 81.4 Å². The molecule has 0 aliphatic heterocycles. The fourth-order valence-corrected chi connectivity index (χ4v) is 3.89. The molecule has 0 radical (unpaired) electrons. The number of carbonyl (C=O) groups is 1. The number of aryl methyl sites for hydroxylation is 1. The Labute approximate surface area is 163 Å². The number of hydrogen-bond donors (Lipinski definition) is 1. The van der Waals surface area contributed by atoms with Gasteiger partial charge < -0.3 is 4.74 Å². The monoisotopic (exact) mass is 377 g/mol. The summed E-state index contributed by atoms with van der Waals surface area (Å²) in [6, 6.07) is 13.3. The van der Waals surface area contributed by atoms with Crippen molar-refractivity contribution < 1.29 is 9.53 Å². The molecule has 0 amide bonds. The van der Waals surface area contributed by atoms with E-state index in [1.165, 1.54) is 10.5 Å². The Balaban J connectivity index is 1.64. The zero-order chi connectivity index (χ0) is 19.7. The minimum Gasteiger partial charge on any atom is -0.465 e. The third kappa shape index (κ3) is 3.20. The first-order chi connectivity index (χ1) is 13.5. The molecule has 0 saturated heterocycles. The highest BCUT2D eigenvalue weighted by Gasteiger charge is 2.44. The van der Waals surface area contributed by atoms with Gasteiger partial charge in [-0.15, -0.1) is 0 Å². The fraction of sp³-hybridized carbons (Fsp3) is 0.318. The van der Waals surface area contributed by atoms with Gasteiger partial charge >= 0.3 is 5.97 Å². The lowest BCUT2D eigenvalue weighted by Crippen LogP contribution is -2.53. The first-order valence-electron chi connectivity index (χ1n) is 9.49. The highest BCUT2D eigenvalue weighted by molar-refractivity contribution is 5.83. The first-order valence-corrected chi connectivity index (χ1v) is 9.49. The van der Waals surface area contributed by atoms with E-state index in [4.69, 9.17) is 4.74 Å². The smallest absolute Gasteiger partial charge is 0.327 e. The number of aromatic nitrogens is 2. The van der Waals surface area contributed by atoms with Crippen LogP contribution in [0.3, 0.4) is 0 Å². The second-order valence-corrected chi connectivity index (χ2v) is 7.25. The van der Waals surface area contributed by atoms with Crippen LogP contribution in [0.15, 0.2) is 53.5 Å². The number of ether oxygens (including phenoxy) is 1. The van der Waals surface area contributed by atoms with Gasteiger partial charge in [-0.25, -0.2) is 4.98 Å². The van der Waals surface area contributed by atoms with Crippen LogP contribution in [-0.2, 0) is 28.9 Å². The summed E-state index contributed by atoms with van der Waals surface area (Å²) >= 11 is 0. The number of nitrogens with one attached hydrogen (secondary N) is 1. The number of nitrogens with zero attached hydrogens (tertiary/aromatic N) is 2. The maximum Gasteiger partial charge on any atom is 0.327 e. The molecule has 0 saturated carbocycles. The minimum absolute atomic E-state index is 0.134. The summed E-state index contributed by atoms with van der Waals surface area (Å²) in [4.78, 5) is 29.9. The van der Waals surface area contributed by atoms with Crippen LogP contribution in [0.5, 0.6) is 0 Å². The number of esters is 1. The molecule has 144 valence electrons. The van der Waals surface area contributed by atoms with Crippen molar-refractivity contribution in [2.75, 3.05) is 6.61 Å². The zero-order valence-corrected chi connectivity index (χ0v) is 16.1. The lowest BCUT2D eigenvalue weighted by molar-refractivity contribution is -0.151. The molecule has 4 rings (SSSR count). The lowest BCUT2D eigenvalue weighted by atomic mass is 9.95. The molecule has 1 aliphatic rings. The Kier molecular flexibility index (Phi) is 4.73. The Morgan fingerprint density at radius 3 is 2.61 bits per heavy atom. The van der Waals surface area contributed by atoms with Crippen LogP contribution in [0.25, 0.3) is 5.65 Å². The molecule has 3 aromatic rings. The van der Waals surface area contributed by atoms with Crippen LogP contribution in [0.2, 0.25) is 0 Å². The van der Waals surface area contributed by atoms with E-state index in [1.54, 1.807) is 6.20 Å². The molecule has 2 heterocycles. The van der Waals surface area contributed by atoms with E-state index >= 15 is 0 Å². The van der Waals surface area contributed by atoms with E-state index in [9.17, 15) is 9.59 Å². The number of hydrogen-bond acceptors (Lipinski definition) is 5. The predicted octanol–water partition coefficient (Wildman–Crippen LogP) is 2.19. The summed E-state index contributed by atoms with van der Waals surface area (Å²) in [6.45, 7) is 4.37. The molecule has 0 unspecified atom stereocenters. The average molecular weight is 377 g/mol. The van der Waals surface area contributed by atoms with Gasteiger partial charge in [0.05, 0.1) is 12.3 Å². The molecule has 1 aliphatic carbocycles. The van der Waals surface area contributed by atoms with Crippen molar-refractivity contribution in [1.29, 1.82) is 0 Å². The highest BCUT2D eigenvalue weighted by atomic mass is 16.5. The van der Waals surface area contributed by atoms with Gasteiger partial charge in [0.15, 0.2) is 0 Å². The van der Waals surface area contributed by atoms with E-state index in [2.05, 4.69) is 10.3 Å². The average Bonchev–Trinajstić information content (AvgIpc) is 3.07. The van der Waals surface area contributed by atoms with Crippen LogP contribution in [0.4, 0.5) is 0 Å². The van der Waals surface area contributed by atoms with Gasteiger partial charge in [-0.1, -0.05) is 30.3 Å². The maximum absolute atomic E-state index is 12.8. The van der Waals surface area contributed by atoms with Gasteiger partial charge in [0.25, 0.3) is 5.56 Å². The van der Waals surface area contributed by atoms with Crippen LogP contribution in [0.1, 0.15) is 29.3 Å². The molecule has 1 N–H and O–H groups in total. The number of fused-ring (bicyclic) bond motifs is 2. The summed E-state index contributed by atoms with van der Waals surface area (Å²) in [7, 11) is 0. The van der Waals surface area contributed by atoms with E-state index in [-0.39, 0.29) is 11.5 Å². The predicted molar refractivity (Wildman–Crippen MR) is 106 cm³/mol. The maximum atomic E-state index is 12.8. The van der Waals surface area contributed by atoms with E-state index in [1.807, 2.05) is 50.2 Å². The summed E-state index contributed by atoms with van der Waals surface area (Å²) < 4.78 is 6.91. The SMILES string of the molecule is CCOC(=O)C1(NCc2cc(=O)n3cccc(C)c3n2)Cc2ccccc2C1. The minimum atomic E-state index is -0.835. The third-order valence-corrected chi connectivity index (χ3v) is 5.32. The standard InChI is InChI=1S/C22H23N3O3/c1-3-28-21(27)22(12-16-8-4-5-9-17(16)13-22)23-14-18-11-19(26)25-10-6-7-15(2)20(25)24-18/h4-11,23H,3,12-14H2,1-2H3. The van der Waals surface area contributed by atoms with Crippen molar-refractivity contribution in [1.82, 2.24) is 14.7 Å². The summed E-state index contributed by atoms with van der Waals surface area (Å²) in [5, 5.41) is 3.37. The topological polar surface area (TPSA) is 72.7 Å². The summed E-state index contributed by atoms with van der Waals surface area (Å²) in [5.74, 6) is -0.264. The molecule has 2 aromatic heterocycles. The van der Waals surface area contributed by atoms with E-state index in [0.717, 1.165) is 16.7 Å². The molecular weight excluding hydrogens is 354 g/mol. The highest BCUT2D eigenvalue weighted by Crippen LogP contribution is 2.31. The zero-order valence-electron chi connectivity index (χ0n) is 16.1. The number of pyridine rings is 1. The quantitative estimate of drug-likeness (QED) is 0.690. The van der Waals surface area contributed by atoms with Crippen molar-refractivity contribution in [2.45, 2.75) is 38.8 Å². The summed E-state index contributed by atoms with van der Waals surface area (Å²) in [6.07, 6.45) is 2.84. The van der Waals surface area contributed by atoms with Gasteiger partial charge in [0.1, 0.15) is 11.2 Å². The fourth-order valence-electron chi connectivity index (χ4n) is 3.89. The van der Waals surface area contributed by atoms with Gasteiger partial charge in [0, 0.05) is 31.6 Å². The molecule has 6 nitrogen and oxygen atoms in total. The number of benzene rings is 1. The molecule has 0 fully saturated rings. The normalized spacial score (nSPS) is 14.8. The van der Waals surface area contributed by atoms with Crippen molar-refractivity contribution in [2.24, 2.45) is 0 Å². The molecule has 0 bridgehead atoms. The molecule has 6 heteroatoms. The third-order valence-electron chi connectivity index (χ3n) is 5.32. The van der Waals surface area contributed by atoms with Gasteiger partial charge in [-0.05, 0) is 36.6 Å². The molecule has 0 spiro atoms. The van der Waals surface area contributed by atoms with Crippen LogP contribution in [-0.4, -0.2) is 27.5 Å². The van der Waals surface area contributed by atoms with E-state index < -0.39 is 5.54 Å². The Bertz CT molecular complexity index is 1080. The molecular formula is C22H23N3O3. The number of rotatable bonds is 5. The second-order valence-electron chi connectivity index (χ2n) is 7.25. The van der Waals surface area contributed by atoms with Crippen LogP contribution < -0.4 is 10.9 Å². The Morgan fingerprint density at radius 2 is 1.93 bits per heavy atom. The van der Waals surface area contributed by atoms with Crippen LogP contribution >= 0.6 is 0 Å². The van der Waals surface area contributed by atoms with E-state index in [0.29, 0.717) is 37.3 Å². The summed E-state index contributed by atoms with van der Waals surface area (Å²) in [5.41, 5.74) is 3.49. The molecule has 1 aromatic carbocycles. The van der Waals surface area contributed by atoms with Gasteiger partial charge in [-0.3, -0.25) is 19.3 Å². The number of carbonyl (C=O) groups excluding carboxylic acids is 1. The molecule has 0 atom stereocenters. The Morgan fingerprint density at radius 1 is 1.21 bits per heavy atom. The Hall–Kier alpha value is -2.99. The van der Waals surface area contributed by atoms with Crippen molar-refractivity contribution >= 4 is 11.6 Å². The lowest BCUT2D eigenvalue weighted by Gasteiger charge is -2.28. The van der Waals surface area contributed by atoms with Crippen molar-refractivity contribution in [3.63, 3.8) is 0 Å². The van der Waals surface area contributed by atoms with Crippen LogP contribution in [0, 0.1) is 6.92 Å². The largest absolute Gasteiger partial charge is 0.465 e. The van der Waals surface area contributed by atoms with Gasteiger partial charge in [-0.2, -0.15) is 0 Å².